The number of rotatable bonds is 4. The van der Waals surface area contributed by atoms with Crippen LogP contribution in [0.15, 0.2) is 42.6 Å². The second-order valence-corrected chi connectivity index (χ2v) is 7.03. The van der Waals surface area contributed by atoms with Crippen LogP contribution in [0.5, 0.6) is 5.75 Å². The maximum absolute atomic E-state index is 13.2. The molecule has 28 heavy (non-hydrogen) atoms. The number of carbonyl (C=O) groups excluding carboxylic acids is 2. The zero-order valence-corrected chi connectivity index (χ0v) is 16.0. The predicted octanol–water partition coefficient (Wildman–Crippen LogP) is 1.68. The van der Waals surface area contributed by atoms with E-state index < -0.39 is 0 Å². The van der Waals surface area contributed by atoms with Gasteiger partial charge in [-0.15, -0.1) is 0 Å². The highest BCUT2D eigenvalue weighted by molar-refractivity contribution is 5.97. The van der Waals surface area contributed by atoms with E-state index in [4.69, 9.17) is 9.47 Å². The Kier molecular flexibility index (Phi) is 5.34. The van der Waals surface area contributed by atoms with Gasteiger partial charge in [0.2, 0.25) is 11.8 Å². The van der Waals surface area contributed by atoms with E-state index in [1.165, 1.54) is 0 Å². The molecule has 2 amide bonds. The second-order valence-electron chi connectivity index (χ2n) is 7.03. The van der Waals surface area contributed by atoms with Gasteiger partial charge in [-0.25, -0.2) is 0 Å². The van der Waals surface area contributed by atoms with Gasteiger partial charge in [0.25, 0.3) is 0 Å². The van der Waals surface area contributed by atoms with E-state index in [1.54, 1.807) is 12.0 Å². The molecule has 7 heteroatoms. The molecule has 1 fully saturated rings. The SMILES string of the molecule is COc1ccccc1[C@H]1c2cccn2CCN1C(=O)CC(=O)N1CCOCC1. The van der Waals surface area contributed by atoms with Gasteiger partial charge >= 0.3 is 0 Å². The molecule has 0 saturated carbocycles. The van der Waals surface area contributed by atoms with Gasteiger partial charge in [0.1, 0.15) is 18.2 Å². The summed E-state index contributed by atoms with van der Waals surface area (Å²) in [6.07, 6.45) is 1.91. The number of morpholine rings is 1. The normalized spacial score (nSPS) is 19.2. The van der Waals surface area contributed by atoms with Crippen LogP contribution >= 0.6 is 0 Å². The monoisotopic (exact) mass is 383 g/mol. The molecule has 7 nitrogen and oxygen atoms in total. The molecule has 1 saturated heterocycles. The Morgan fingerprint density at radius 2 is 1.82 bits per heavy atom. The molecule has 0 aliphatic carbocycles. The van der Waals surface area contributed by atoms with Gasteiger partial charge in [-0.1, -0.05) is 18.2 Å². The Bertz CT molecular complexity index is 857. The molecule has 1 aromatic carbocycles. The molecular formula is C21H25N3O4. The van der Waals surface area contributed by atoms with Crippen molar-refractivity contribution in [1.82, 2.24) is 14.4 Å². The van der Waals surface area contributed by atoms with Crippen LogP contribution in [0, 0.1) is 0 Å². The van der Waals surface area contributed by atoms with Crippen molar-refractivity contribution >= 4 is 11.8 Å². The molecule has 1 atom stereocenters. The zero-order valence-electron chi connectivity index (χ0n) is 16.0. The number of para-hydroxylation sites is 1. The molecule has 4 rings (SSSR count). The van der Waals surface area contributed by atoms with Crippen molar-refractivity contribution in [1.29, 1.82) is 0 Å². The quantitative estimate of drug-likeness (QED) is 0.754. The van der Waals surface area contributed by atoms with Crippen LogP contribution in [-0.2, 0) is 20.9 Å². The minimum Gasteiger partial charge on any atom is -0.496 e. The highest BCUT2D eigenvalue weighted by Crippen LogP contribution is 2.37. The van der Waals surface area contributed by atoms with Gasteiger partial charge in [-0.3, -0.25) is 9.59 Å². The number of hydrogen-bond donors (Lipinski definition) is 0. The van der Waals surface area contributed by atoms with Gasteiger partial charge in [0.15, 0.2) is 0 Å². The first-order valence-corrected chi connectivity index (χ1v) is 9.62. The number of aromatic nitrogens is 1. The molecule has 0 radical (unpaired) electrons. The highest BCUT2D eigenvalue weighted by Gasteiger charge is 2.35. The molecule has 148 valence electrons. The molecule has 0 unspecified atom stereocenters. The summed E-state index contributed by atoms with van der Waals surface area (Å²) in [4.78, 5) is 29.3. The summed E-state index contributed by atoms with van der Waals surface area (Å²) in [5, 5.41) is 0. The summed E-state index contributed by atoms with van der Waals surface area (Å²) < 4.78 is 13.0. The molecule has 2 aromatic rings. The van der Waals surface area contributed by atoms with Crippen LogP contribution in [0.2, 0.25) is 0 Å². The van der Waals surface area contributed by atoms with Crippen LogP contribution in [0.4, 0.5) is 0 Å². The number of fused-ring (bicyclic) bond motifs is 1. The number of methoxy groups -OCH3 is 1. The minimum atomic E-state index is -0.273. The van der Waals surface area contributed by atoms with Crippen LogP contribution in [0.1, 0.15) is 23.7 Å². The maximum Gasteiger partial charge on any atom is 0.232 e. The van der Waals surface area contributed by atoms with E-state index in [0.29, 0.717) is 39.4 Å². The van der Waals surface area contributed by atoms with Crippen molar-refractivity contribution in [3.05, 3.63) is 53.9 Å². The first-order chi connectivity index (χ1) is 13.7. The molecule has 1 aromatic heterocycles. The lowest BCUT2D eigenvalue weighted by molar-refractivity contribution is -0.144. The van der Waals surface area contributed by atoms with Gasteiger partial charge in [0, 0.05) is 43.6 Å². The first kappa shape index (κ1) is 18.6. The van der Waals surface area contributed by atoms with Crippen LogP contribution in [-0.4, -0.2) is 66.1 Å². The van der Waals surface area contributed by atoms with Crippen molar-refractivity contribution in [2.45, 2.75) is 19.0 Å². The summed E-state index contributed by atoms with van der Waals surface area (Å²) >= 11 is 0. The fraction of sp³-hybridized carbons (Fsp3) is 0.429. The Morgan fingerprint density at radius 3 is 2.61 bits per heavy atom. The number of ether oxygens (including phenoxy) is 2. The molecule has 2 aliphatic heterocycles. The number of nitrogens with zero attached hydrogens (tertiary/aromatic N) is 3. The van der Waals surface area contributed by atoms with Crippen molar-refractivity contribution < 1.29 is 19.1 Å². The third kappa shape index (κ3) is 3.49. The van der Waals surface area contributed by atoms with Crippen LogP contribution in [0.3, 0.4) is 0 Å². The summed E-state index contributed by atoms with van der Waals surface area (Å²) in [6, 6.07) is 11.5. The van der Waals surface area contributed by atoms with E-state index in [2.05, 4.69) is 4.57 Å². The summed E-state index contributed by atoms with van der Waals surface area (Å²) in [5.74, 6) is 0.451. The standard InChI is InChI=1S/C21H25N3O4/c1-27-18-7-3-2-5-16(18)21-17-6-4-8-22(17)9-10-24(21)20(26)15-19(25)23-11-13-28-14-12-23/h2-8,21H,9-15H2,1H3/t21-/m0/s1. The van der Waals surface area contributed by atoms with Crippen molar-refractivity contribution in [2.75, 3.05) is 40.0 Å². The Hall–Kier alpha value is -2.80. The Labute approximate surface area is 164 Å². The average molecular weight is 383 g/mol. The van der Waals surface area contributed by atoms with E-state index in [1.807, 2.05) is 47.5 Å². The molecule has 2 aliphatic rings. The summed E-state index contributed by atoms with van der Waals surface area (Å²) in [5.41, 5.74) is 1.96. The highest BCUT2D eigenvalue weighted by atomic mass is 16.5. The van der Waals surface area contributed by atoms with Gasteiger partial charge in [-0.05, 0) is 18.2 Å². The molecule has 0 spiro atoms. The maximum atomic E-state index is 13.2. The summed E-state index contributed by atoms with van der Waals surface area (Å²) in [7, 11) is 1.63. The summed E-state index contributed by atoms with van der Waals surface area (Å²) in [6.45, 7) is 3.42. The average Bonchev–Trinajstić information content (AvgIpc) is 3.22. The number of carbonyl (C=O) groups is 2. The minimum absolute atomic E-state index is 0.119. The lowest BCUT2D eigenvalue weighted by Gasteiger charge is -2.38. The zero-order chi connectivity index (χ0) is 19.5. The Morgan fingerprint density at radius 1 is 1.04 bits per heavy atom. The molecular weight excluding hydrogens is 358 g/mol. The fourth-order valence-corrected chi connectivity index (χ4v) is 4.03. The van der Waals surface area contributed by atoms with Crippen molar-refractivity contribution in [3.8, 4) is 5.75 Å². The van der Waals surface area contributed by atoms with Gasteiger partial charge in [-0.2, -0.15) is 0 Å². The second kappa shape index (κ2) is 8.06. The van der Waals surface area contributed by atoms with Crippen molar-refractivity contribution in [3.63, 3.8) is 0 Å². The Balaban J connectivity index is 1.61. The lowest BCUT2D eigenvalue weighted by atomic mass is 9.98. The third-order valence-corrected chi connectivity index (χ3v) is 5.46. The third-order valence-electron chi connectivity index (χ3n) is 5.46. The molecule has 0 bridgehead atoms. The fourth-order valence-electron chi connectivity index (χ4n) is 4.03. The van der Waals surface area contributed by atoms with Crippen LogP contribution in [0.25, 0.3) is 0 Å². The van der Waals surface area contributed by atoms with E-state index >= 15 is 0 Å². The lowest BCUT2D eigenvalue weighted by Crippen LogP contribution is -2.46. The number of benzene rings is 1. The van der Waals surface area contributed by atoms with Crippen molar-refractivity contribution in [2.24, 2.45) is 0 Å². The van der Waals surface area contributed by atoms with Gasteiger partial charge < -0.3 is 23.8 Å². The smallest absolute Gasteiger partial charge is 0.232 e. The molecule has 0 N–H and O–H groups in total. The largest absolute Gasteiger partial charge is 0.496 e. The van der Waals surface area contributed by atoms with E-state index in [0.717, 1.165) is 17.0 Å². The number of amides is 2. The first-order valence-electron chi connectivity index (χ1n) is 9.62. The number of hydrogen-bond acceptors (Lipinski definition) is 4. The topological polar surface area (TPSA) is 64.0 Å². The van der Waals surface area contributed by atoms with Gasteiger partial charge in [0.05, 0.1) is 20.3 Å². The van der Waals surface area contributed by atoms with E-state index in [-0.39, 0.29) is 24.3 Å². The van der Waals surface area contributed by atoms with E-state index in [9.17, 15) is 9.59 Å². The van der Waals surface area contributed by atoms with Crippen LogP contribution < -0.4 is 4.74 Å². The molecule has 3 heterocycles. The predicted molar refractivity (Wildman–Crippen MR) is 103 cm³/mol.